The van der Waals surface area contributed by atoms with Gasteiger partial charge in [-0.05, 0) is 61.5 Å². The number of carbonyl (C=O) groups is 1. The van der Waals surface area contributed by atoms with Gasteiger partial charge in [-0.1, -0.05) is 35.0 Å². The predicted molar refractivity (Wildman–Crippen MR) is 129 cm³/mol. The summed E-state index contributed by atoms with van der Waals surface area (Å²) in [6.45, 7) is 1.90. The number of aryl methyl sites for hydroxylation is 1. The summed E-state index contributed by atoms with van der Waals surface area (Å²) >= 11 is 14.6. The van der Waals surface area contributed by atoms with Crippen LogP contribution in [-0.4, -0.2) is 26.8 Å². The number of hydrogen-bond donors (Lipinski definition) is 1. The first-order valence-corrected chi connectivity index (χ1v) is 11.9. The van der Waals surface area contributed by atoms with Gasteiger partial charge in [0.05, 0.1) is 26.4 Å². The number of thiazole rings is 1. The van der Waals surface area contributed by atoms with Crippen LogP contribution in [0.2, 0.25) is 10.0 Å². The number of benzene rings is 2. The first kappa shape index (κ1) is 22.7. The fourth-order valence-electron chi connectivity index (χ4n) is 2.78. The summed E-state index contributed by atoms with van der Waals surface area (Å²) in [6.07, 6.45) is 0. The van der Waals surface area contributed by atoms with Gasteiger partial charge in [0.1, 0.15) is 21.5 Å². The molecule has 1 amide bonds. The molecule has 2 aromatic carbocycles. The molecule has 1 N–H and O–H groups in total. The van der Waals surface area contributed by atoms with Crippen molar-refractivity contribution in [2.24, 2.45) is 0 Å². The Morgan fingerprint density at radius 1 is 1.06 bits per heavy atom. The molecule has 0 spiro atoms. The summed E-state index contributed by atoms with van der Waals surface area (Å²) in [6, 6.07) is 14.8. The van der Waals surface area contributed by atoms with Crippen molar-refractivity contribution >= 4 is 57.9 Å². The molecule has 0 radical (unpaired) electrons. The fourth-order valence-corrected chi connectivity index (χ4v) is 4.73. The molecule has 0 fully saturated rings. The van der Waals surface area contributed by atoms with Crippen LogP contribution < -0.4 is 5.32 Å². The van der Waals surface area contributed by atoms with Gasteiger partial charge < -0.3 is 5.32 Å². The molecule has 0 aliphatic carbocycles. The van der Waals surface area contributed by atoms with Crippen molar-refractivity contribution in [3.8, 4) is 21.1 Å². The Morgan fingerprint density at radius 3 is 2.53 bits per heavy atom. The smallest absolute Gasteiger partial charge is 0.234 e. The predicted octanol–water partition coefficient (Wildman–Crippen LogP) is 6.75. The van der Waals surface area contributed by atoms with E-state index in [0.717, 1.165) is 21.1 Å². The second-order valence-corrected chi connectivity index (χ2v) is 9.47. The number of nitrogens with one attached hydrogen (secondary N) is 1. The van der Waals surface area contributed by atoms with E-state index in [1.165, 1.54) is 35.2 Å². The second-order valence-electron chi connectivity index (χ2n) is 6.66. The van der Waals surface area contributed by atoms with Gasteiger partial charge in [0.25, 0.3) is 0 Å². The average Bonchev–Trinajstić information content (AvgIpc) is 3.17. The van der Waals surface area contributed by atoms with Crippen LogP contribution in [0.3, 0.4) is 0 Å². The number of hydrogen-bond acceptors (Lipinski definition) is 6. The Labute approximate surface area is 202 Å². The quantitative estimate of drug-likeness (QED) is 0.294. The molecule has 4 aromatic rings. The van der Waals surface area contributed by atoms with Crippen LogP contribution in [0, 0.1) is 12.7 Å². The van der Waals surface area contributed by atoms with Crippen molar-refractivity contribution in [2.45, 2.75) is 11.9 Å². The molecule has 0 saturated heterocycles. The lowest BCUT2D eigenvalue weighted by Gasteiger charge is -2.06. The van der Waals surface area contributed by atoms with E-state index in [1.54, 1.807) is 30.3 Å². The number of amides is 1. The van der Waals surface area contributed by atoms with Gasteiger partial charge in [-0.3, -0.25) is 4.79 Å². The molecule has 0 aliphatic rings. The van der Waals surface area contributed by atoms with Crippen LogP contribution in [0.15, 0.2) is 59.6 Å². The van der Waals surface area contributed by atoms with Crippen molar-refractivity contribution < 1.29 is 9.18 Å². The van der Waals surface area contributed by atoms with E-state index in [4.69, 9.17) is 23.2 Å². The molecular formula is C22H15Cl2FN4OS2. The second kappa shape index (κ2) is 9.95. The number of rotatable bonds is 6. The Bertz CT molecular complexity index is 1260. The standard InChI is InChI=1S/C22H15Cl2FN4OS2/c1-12-21(32-22(26-12)13-2-4-14(25)5-3-13)18-8-9-20(29-28-18)31-11-19(30)27-15-6-7-16(23)17(24)10-15/h2-10H,11H2,1H3,(H,27,30). The van der Waals surface area contributed by atoms with Crippen LogP contribution >= 0.6 is 46.3 Å². The summed E-state index contributed by atoms with van der Waals surface area (Å²) in [5.41, 5.74) is 2.94. The molecule has 162 valence electrons. The summed E-state index contributed by atoms with van der Waals surface area (Å²) in [5, 5.41) is 13.5. The maximum Gasteiger partial charge on any atom is 0.234 e. The van der Waals surface area contributed by atoms with Crippen molar-refractivity contribution in [2.75, 3.05) is 11.1 Å². The molecule has 5 nitrogen and oxygen atoms in total. The molecule has 10 heteroatoms. The van der Waals surface area contributed by atoms with Gasteiger partial charge in [-0.15, -0.1) is 21.5 Å². The fraction of sp³-hybridized carbons (Fsp3) is 0.0909. The lowest BCUT2D eigenvalue weighted by molar-refractivity contribution is -0.113. The SMILES string of the molecule is Cc1nc(-c2ccc(F)cc2)sc1-c1ccc(SCC(=O)Nc2ccc(Cl)c(Cl)c2)nn1. The molecule has 0 unspecified atom stereocenters. The largest absolute Gasteiger partial charge is 0.325 e. The summed E-state index contributed by atoms with van der Waals surface area (Å²) in [4.78, 5) is 17.7. The highest BCUT2D eigenvalue weighted by Crippen LogP contribution is 2.34. The maximum absolute atomic E-state index is 13.2. The number of carbonyl (C=O) groups excluding carboxylic acids is 1. The minimum absolute atomic E-state index is 0.169. The monoisotopic (exact) mass is 504 g/mol. The minimum atomic E-state index is -0.285. The van der Waals surface area contributed by atoms with E-state index in [0.29, 0.717) is 26.5 Å². The molecule has 0 aliphatic heterocycles. The van der Waals surface area contributed by atoms with Crippen molar-refractivity contribution in [1.29, 1.82) is 0 Å². The van der Waals surface area contributed by atoms with Gasteiger partial charge in [0, 0.05) is 11.3 Å². The Morgan fingerprint density at radius 2 is 1.84 bits per heavy atom. The number of halogens is 3. The molecule has 2 heterocycles. The van der Waals surface area contributed by atoms with E-state index in [9.17, 15) is 9.18 Å². The molecule has 4 rings (SSSR count). The van der Waals surface area contributed by atoms with Crippen molar-refractivity contribution in [3.05, 3.63) is 76.2 Å². The third-order valence-corrected chi connectivity index (χ3v) is 7.20. The van der Waals surface area contributed by atoms with E-state index in [2.05, 4.69) is 20.5 Å². The van der Waals surface area contributed by atoms with E-state index >= 15 is 0 Å². The summed E-state index contributed by atoms with van der Waals surface area (Å²) in [5.74, 6) is -0.309. The number of aromatic nitrogens is 3. The normalized spacial score (nSPS) is 10.9. The highest BCUT2D eigenvalue weighted by molar-refractivity contribution is 7.99. The van der Waals surface area contributed by atoms with Crippen molar-refractivity contribution in [1.82, 2.24) is 15.2 Å². The lowest BCUT2D eigenvalue weighted by atomic mass is 10.2. The van der Waals surface area contributed by atoms with Gasteiger partial charge in [0.15, 0.2) is 0 Å². The van der Waals surface area contributed by atoms with Gasteiger partial charge in [-0.2, -0.15) is 0 Å². The zero-order valence-corrected chi connectivity index (χ0v) is 19.7. The number of nitrogens with zero attached hydrogens (tertiary/aromatic N) is 3. The third-order valence-electron chi connectivity index (χ3n) is 4.31. The first-order valence-electron chi connectivity index (χ1n) is 9.34. The Kier molecular flexibility index (Phi) is 7.05. The zero-order valence-electron chi connectivity index (χ0n) is 16.6. The van der Waals surface area contributed by atoms with Crippen molar-refractivity contribution in [3.63, 3.8) is 0 Å². The van der Waals surface area contributed by atoms with Crippen LogP contribution in [0.25, 0.3) is 21.1 Å². The van der Waals surface area contributed by atoms with E-state index in [-0.39, 0.29) is 17.5 Å². The van der Waals surface area contributed by atoms with Crippen LogP contribution in [0.1, 0.15) is 5.69 Å². The molecule has 32 heavy (non-hydrogen) atoms. The van der Waals surface area contributed by atoms with E-state index in [1.807, 2.05) is 19.1 Å². The van der Waals surface area contributed by atoms with Gasteiger partial charge in [0.2, 0.25) is 5.91 Å². The molecule has 0 bridgehead atoms. The number of anilines is 1. The van der Waals surface area contributed by atoms with Crippen LogP contribution in [0.4, 0.5) is 10.1 Å². The van der Waals surface area contributed by atoms with Crippen LogP contribution in [0.5, 0.6) is 0 Å². The summed E-state index contributed by atoms with van der Waals surface area (Å²) < 4.78 is 13.2. The molecule has 2 aromatic heterocycles. The average molecular weight is 505 g/mol. The third kappa shape index (κ3) is 5.45. The highest BCUT2D eigenvalue weighted by Gasteiger charge is 2.14. The molecule has 0 atom stereocenters. The lowest BCUT2D eigenvalue weighted by Crippen LogP contribution is -2.14. The molecule has 0 saturated carbocycles. The highest BCUT2D eigenvalue weighted by atomic mass is 35.5. The van der Waals surface area contributed by atoms with E-state index < -0.39 is 0 Å². The minimum Gasteiger partial charge on any atom is -0.325 e. The Hall–Kier alpha value is -2.52. The topological polar surface area (TPSA) is 67.8 Å². The maximum atomic E-state index is 13.2. The Balaban J connectivity index is 1.39. The summed E-state index contributed by atoms with van der Waals surface area (Å²) in [7, 11) is 0. The first-order chi connectivity index (χ1) is 15.4. The zero-order chi connectivity index (χ0) is 22.7. The van der Waals surface area contributed by atoms with Crippen LogP contribution in [-0.2, 0) is 4.79 Å². The molecular weight excluding hydrogens is 490 g/mol. The van der Waals surface area contributed by atoms with Gasteiger partial charge >= 0.3 is 0 Å². The number of thioether (sulfide) groups is 1. The van der Waals surface area contributed by atoms with Gasteiger partial charge in [-0.25, -0.2) is 9.37 Å².